The molecule has 1 amide bonds. The van der Waals surface area contributed by atoms with Gasteiger partial charge >= 0.3 is 0 Å². The van der Waals surface area contributed by atoms with Gasteiger partial charge in [0.2, 0.25) is 5.91 Å². The van der Waals surface area contributed by atoms with Crippen LogP contribution in [0.15, 0.2) is 23.2 Å². The number of amides is 1. The summed E-state index contributed by atoms with van der Waals surface area (Å²) in [6, 6.07) is 5.49. The molecule has 0 aliphatic carbocycles. The molecule has 5 nitrogen and oxygen atoms in total. The van der Waals surface area contributed by atoms with Gasteiger partial charge in [0.1, 0.15) is 0 Å². The summed E-state index contributed by atoms with van der Waals surface area (Å²) in [4.78, 5) is 18.7. The Balaban J connectivity index is 2.55. The number of hydrogen-bond acceptors (Lipinski definition) is 2. The molecule has 0 aliphatic heterocycles. The van der Waals surface area contributed by atoms with Crippen LogP contribution in [-0.4, -0.2) is 43.4 Å². The summed E-state index contributed by atoms with van der Waals surface area (Å²) in [6.07, 6.45) is 2.60. The summed E-state index contributed by atoms with van der Waals surface area (Å²) in [5.41, 5.74) is 1.63. The van der Waals surface area contributed by atoms with Crippen molar-refractivity contribution in [3.8, 4) is 0 Å². The lowest BCUT2D eigenvalue weighted by Gasteiger charge is -2.21. The summed E-state index contributed by atoms with van der Waals surface area (Å²) in [6.45, 7) is 8.31. The molecule has 0 radical (unpaired) electrons. The summed E-state index contributed by atoms with van der Waals surface area (Å²) in [5, 5.41) is 6.80. The van der Waals surface area contributed by atoms with Crippen molar-refractivity contribution in [2.24, 2.45) is 4.99 Å². The maximum absolute atomic E-state index is 12.1. The Labute approximate surface area is 150 Å². The number of benzene rings is 1. The van der Waals surface area contributed by atoms with E-state index in [9.17, 15) is 4.79 Å². The minimum atomic E-state index is -0.0591. The lowest BCUT2D eigenvalue weighted by Crippen LogP contribution is -2.39. The van der Waals surface area contributed by atoms with Gasteiger partial charge in [0.15, 0.2) is 5.96 Å². The zero-order chi connectivity index (χ0) is 17.9. The Morgan fingerprint density at radius 1 is 1.33 bits per heavy atom. The van der Waals surface area contributed by atoms with E-state index in [4.69, 9.17) is 11.6 Å². The van der Waals surface area contributed by atoms with Crippen LogP contribution in [0.25, 0.3) is 0 Å². The second-order valence-corrected chi connectivity index (χ2v) is 6.13. The number of aliphatic imine (C=N–C) groups is 1. The first kappa shape index (κ1) is 20.3. The largest absolute Gasteiger partial charge is 0.357 e. The number of rotatable bonds is 8. The Morgan fingerprint density at radius 3 is 2.75 bits per heavy atom. The SMILES string of the molecule is CCCCN(C)C(=NCCC(=O)Nc1cccc(Cl)c1C)NCC. The lowest BCUT2D eigenvalue weighted by molar-refractivity contribution is -0.116. The van der Waals surface area contributed by atoms with E-state index in [1.54, 1.807) is 0 Å². The molecular weight excluding hydrogens is 324 g/mol. The monoisotopic (exact) mass is 352 g/mol. The van der Waals surface area contributed by atoms with Gasteiger partial charge in [0.05, 0.1) is 6.54 Å². The van der Waals surface area contributed by atoms with Crippen LogP contribution < -0.4 is 10.6 Å². The van der Waals surface area contributed by atoms with E-state index in [1.165, 1.54) is 0 Å². The third-order valence-electron chi connectivity index (χ3n) is 3.69. The number of carbonyl (C=O) groups excluding carboxylic acids is 1. The van der Waals surface area contributed by atoms with Crippen molar-refractivity contribution in [1.29, 1.82) is 0 Å². The minimum absolute atomic E-state index is 0.0591. The van der Waals surface area contributed by atoms with Crippen molar-refractivity contribution in [1.82, 2.24) is 10.2 Å². The number of hydrogen-bond donors (Lipinski definition) is 2. The van der Waals surface area contributed by atoms with Gasteiger partial charge in [-0.1, -0.05) is 31.0 Å². The maximum atomic E-state index is 12.1. The smallest absolute Gasteiger partial charge is 0.226 e. The molecule has 0 spiro atoms. The topological polar surface area (TPSA) is 56.7 Å². The molecule has 2 N–H and O–H groups in total. The quantitative estimate of drug-likeness (QED) is 0.554. The van der Waals surface area contributed by atoms with Gasteiger partial charge in [0.25, 0.3) is 0 Å². The van der Waals surface area contributed by atoms with E-state index in [2.05, 4.69) is 27.4 Å². The third-order valence-corrected chi connectivity index (χ3v) is 4.10. The highest BCUT2D eigenvalue weighted by atomic mass is 35.5. The first-order valence-corrected chi connectivity index (χ1v) is 8.91. The van der Waals surface area contributed by atoms with Crippen LogP contribution in [-0.2, 0) is 4.79 Å². The molecule has 1 aromatic carbocycles. The van der Waals surface area contributed by atoms with E-state index in [0.717, 1.165) is 43.1 Å². The molecule has 0 saturated heterocycles. The second kappa shape index (κ2) is 10.9. The molecule has 1 aromatic rings. The van der Waals surface area contributed by atoms with Crippen molar-refractivity contribution < 1.29 is 4.79 Å². The van der Waals surface area contributed by atoms with Crippen molar-refractivity contribution >= 4 is 29.2 Å². The maximum Gasteiger partial charge on any atom is 0.226 e. The van der Waals surface area contributed by atoms with E-state index in [1.807, 2.05) is 39.1 Å². The fraction of sp³-hybridized carbons (Fsp3) is 0.556. The summed E-state index contributed by atoms with van der Waals surface area (Å²) >= 11 is 6.07. The molecule has 0 fully saturated rings. The molecular formula is C18H29ClN4O. The fourth-order valence-electron chi connectivity index (χ4n) is 2.19. The third kappa shape index (κ3) is 6.79. The molecule has 1 rings (SSSR count). The van der Waals surface area contributed by atoms with E-state index in [-0.39, 0.29) is 5.91 Å². The molecule has 24 heavy (non-hydrogen) atoms. The summed E-state index contributed by atoms with van der Waals surface area (Å²) in [7, 11) is 2.02. The van der Waals surface area contributed by atoms with E-state index >= 15 is 0 Å². The average molecular weight is 353 g/mol. The highest BCUT2D eigenvalue weighted by Gasteiger charge is 2.08. The van der Waals surface area contributed by atoms with Crippen LogP contribution in [0.3, 0.4) is 0 Å². The van der Waals surface area contributed by atoms with Crippen LogP contribution in [0.4, 0.5) is 5.69 Å². The summed E-state index contributed by atoms with van der Waals surface area (Å²) < 4.78 is 0. The first-order valence-electron chi connectivity index (χ1n) is 8.54. The van der Waals surface area contributed by atoms with Crippen molar-refractivity contribution in [2.45, 2.75) is 40.0 Å². The number of anilines is 1. The minimum Gasteiger partial charge on any atom is -0.357 e. The van der Waals surface area contributed by atoms with Gasteiger partial charge in [-0.2, -0.15) is 0 Å². The number of carbonyl (C=O) groups is 1. The van der Waals surface area contributed by atoms with Crippen LogP contribution in [0.1, 0.15) is 38.7 Å². The molecule has 0 atom stereocenters. The molecule has 0 bridgehead atoms. The number of guanidine groups is 1. The van der Waals surface area contributed by atoms with Crippen molar-refractivity contribution in [3.63, 3.8) is 0 Å². The predicted molar refractivity (Wildman–Crippen MR) is 103 cm³/mol. The second-order valence-electron chi connectivity index (χ2n) is 5.72. The predicted octanol–water partition coefficient (Wildman–Crippen LogP) is 3.67. The molecule has 0 heterocycles. The highest BCUT2D eigenvalue weighted by Crippen LogP contribution is 2.22. The Bertz CT molecular complexity index is 560. The number of nitrogens with one attached hydrogen (secondary N) is 2. The summed E-state index contributed by atoms with van der Waals surface area (Å²) in [5.74, 6) is 0.786. The molecule has 0 saturated carbocycles. The van der Waals surface area contributed by atoms with Crippen LogP contribution in [0, 0.1) is 6.92 Å². The fourth-order valence-corrected chi connectivity index (χ4v) is 2.36. The zero-order valence-corrected chi connectivity index (χ0v) is 15.9. The van der Waals surface area contributed by atoms with Crippen LogP contribution in [0.5, 0.6) is 0 Å². The van der Waals surface area contributed by atoms with Crippen molar-refractivity contribution in [2.75, 3.05) is 32.0 Å². The average Bonchev–Trinajstić information content (AvgIpc) is 2.56. The molecule has 0 aromatic heterocycles. The zero-order valence-electron chi connectivity index (χ0n) is 15.2. The lowest BCUT2D eigenvalue weighted by atomic mass is 10.2. The number of nitrogens with zero attached hydrogens (tertiary/aromatic N) is 2. The first-order chi connectivity index (χ1) is 11.5. The van der Waals surface area contributed by atoms with E-state index in [0.29, 0.717) is 18.0 Å². The van der Waals surface area contributed by atoms with Crippen LogP contribution >= 0.6 is 11.6 Å². The molecule has 0 aliphatic rings. The Hall–Kier alpha value is -1.75. The van der Waals surface area contributed by atoms with Gasteiger partial charge in [0, 0.05) is 37.3 Å². The Kier molecular flexibility index (Phi) is 9.23. The normalized spacial score (nSPS) is 11.3. The molecule has 6 heteroatoms. The van der Waals surface area contributed by atoms with Gasteiger partial charge in [-0.05, 0) is 38.0 Å². The van der Waals surface area contributed by atoms with Gasteiger partial charge in [-0.25, -0.2) is 0 Å². The van der Waals surface area contributed by atoms with Crippen LogP contribution in [0.2, 0.25) is 5.02 Å². The number of halogens is 1. The van der Waals surface area contributed by atoms with Gasteiger partial charge in [-0.15, -0.1) is 0 Å². The van der Waals surface area contributed by atoms with E-state index < -0.39 is 0 Å². The Morgan fingerprint density at radius 2 is 2.08 bits per heavy atom. The highest BCUT2D eigenvalue weighted by molar-refractivity contribution is 6.31. The van der Waals surface area contributed by atoms with Gasteiger partial charge < -0.3 is 15.5 Å². The molecule has 0 unspecified atom stereocenters. The standard InChI is InChI=1S/C18H29ClN4O/c1-5-7-13-23(4)18(20-6-2)21-12-11-17(24)22-16-10-8-9-15(19)14(16)3/h8-10H,5-7,11-13H2,1-4H3,(H,20,21)(H,22,24). The molecule has 134 valence electrons. The van der Waals surface area contributed by atoms with Gasteiger partial charge in [-0.3, -0.25) is 9.79 Å². The number of unbranched alkanes of at least 4 members (excludes halogenated alkanes) is 1. The van der Waals surface area contributed by atoms with Crippen molar-refractivity contribution in [3.05, 3.63) is 28.8 Å².